The number of likely N-dealkylation sites (tertiary alicyclic amines) is 1. The Morgan fingerprint density at radius 2 is 1.73 bits per heavy atom. The number of ether oxygens (including phenoxy) is 1. The van der Waals surface area contributed by atoms with Crippen LogP contribution in [0.2, 0.25) is 0 Å². The summed E-state index contributed by atoms with van der Waals surface area (Å²) in [5, 5.41) is 2.17. The summed E-state index contributed by atoms with van der Waals surface area (Å²) in [6, 6.07) is 17.2. The van der Waals surface area contributed by atoms with Crippen LogP contribution in [0, 0.1) is 0 Å². The largest absolute Gasteiger partial charge is 0.377 e. The molecule has 0 amide bonds. The highest BCUT2D eigenvalue weighted by molar-refractivity contribution is 5.67. The minimum atomic E-state index is 0.702. The fourth-order valence-electron chi connectivity index (χ4n) is 3.84. The zero-order valence-electron chi connectivity index (χ0n) is 15.5. The van der Waals surface area contributed by atoms with Gasteiger partial charge in [-0.15, -0.1) is 0 Å². The van der Waals surface area contributed by atoms with E-state index in [0.717, 1.165) is 19.6 Å². The van der Waals surface area contributed by atoms with Crippen LogP contribution >= 0.6 is 0 Å². The van der Waals surface area contributed by atoms with Crippen LogP contribution in [0.25, 0.3) is 0 Å². The Bertz CT molecular complexity index is 695. The lowest BCUT2D eigenvalue weighted by molar-refractivity contribution is 0.115. The zero-order chi connectivity index (χ0) is 17.6. The maximum atomic E-state index is 5.86. The first kappa shape index (κ1) is 17.5. The van der Waals surface area contributed by atoms with Gasteiger partial charge in [-0.2, -0.15) is 0 Å². The van der Waals surface area contributed by atoms with Crippen LogP contribution in [0.1, 0.15) is 36.8 Å². The number of nitrogens with one attached hydrogen (secondary N) is 1. The third kappa shape index (κ3) is 4.26. The lowest BCUT2D eigenvalue weighted by Gasteiger charge is -2.19. The standard InChI is InChI=1S/C22H29N3O/c1-2-8-22-20(7-1)17-23-25(22)21-11-9-19(10-12-21)18-26-16-6-5-15-24-13-3-4-14-24/h1-2,7-12,23H,3-6,13-18H2. The third-order valence-electron chi connectivity index (χ3n) is 5.34. The molecule has 4 heteroatoms. The Morgan fingerprint density at radius 1 is 0.923 bits per heavy atom. The van der Waals surface area contributed by atoms with Gasteiger partial charge in [-0.1, -0.05) is 30.3 Å². The highest BCUT2D eigenvalue weighted by Crippen LogP contribution is 2.31. The Labute approximate surface area is 156 Å². The maximum Gasteiger partial charge on any atom is 0.0716 e. The molecule has 2 aliphatic heterocycles. The molecule has 0 bridgehead atoms. The second-order valence-electron chi connectivity index (χ2n) is 7.27. The highest BCUT2D eigenvalue weighted by Gasteiger charge is 2.19. The number of hydrogen-bond donors (Lipinski definition) is 1. The fourth-order valence-corrected chi connectivity index (χ4v) is 3.84. The molecule has 138 valence electrons. The van der Waals surface area contributed by atoms with Crippen molar-refractivity contribution in [3.8, 4) is 0 Å². The molecular formula is C22H29N3O. The maximum absolute atomic E-state index is 5.86. The molecule has 2 heterocycles. The second kappa shape index (κ2) is 8.67. The second-order valence-corrected chi connectivity index (χ2v) is 7.27. The van der Waals surface area contributed by atoms with Crippen molar-refractivity contribution in [3.63, 3.8) is 0 Å². The number of fused-ring (bicyclic) bond motifs is 1. The molecule has 1 saturated heterocycles. The van der Waals surface area contributed by atoms with E-state index >= 15 is 0 Å². The Balaban J connectivity index is 1.20. The van der Waals surface area contributed by atoms with Crippen molar-refractivity contribution >= 4 is 11.4 Å². The average molecular weight is 351 g/mol. The molecule has 4 rings (SSSR count). The number of anilines is 2. The molecule has 4 nitrogen and oxygen atoms in total. The number of para-hydroxylation sites is 1. The number of benzene rings is 2. The molecule has 0 aliphatic carbocycles. The number of hydrazine groups is 1. The van der Waals surface area contributed by atoms with Crippen LogP contribution in [0.3, 0.4) is 0 Å². The Hall–Kier alpha value is -1.88. The Morgan fingerprint density at radius 3 is 2.58 bits per heavy atom. The van der Waals surface area contributed by atoms with Gasteiger partial charge in [-0.05, 0) is 74.6 Å². The topological polar surface area (TPSA) is 27.7 Å². The van der Waals surface area contributed by atoms with E-state index in [9.17, 15) is 0 Å². The van der Waals surface area contributed by atoms with Crippen molar-refractivity contribution in [2.45, 2.75) is 38.8 Å². The van der Waals surface area contributed by atoms with E-state index in [2.05, 4.69) is 63.9 Å². The van der Waals surface area contributed by atoms with E-state index in [1.165, 1.54) is 61.4 Å². The van der Waals surface area contributed by atoms with Crippen LogP contribution < -0.4 is 10.4 Å². The average Bonchev–Trinajstić information content (AvgIpc) is 3.35. The summed E-state index contributed by atoms with van der Waals surface area (Å²) in [6.07, 6.45) is 5.16. The zero-order valence-corrected chi connectivity index (χ0v) is 15.5. The van der Waals surface area contributed by atoms with E-state index < -0.39 is 0 Å². The van der Waals surface area contributed by atoms with Gasteiger partial charge in [0.15, 0.2) is 0 Å². The van der Waals surface area contributed by atoms with E-state index in [1.807, 2.05) is 0 Å². The minimum Gasteiger partial charge on any atom is -0.377 e. The van der Waals surface area contributed by atoms with Crippen LogP contribution in [-0.2, 0) is 17.9 Å². The van der Waals surface area contributed by atoms with E-state index in [1.54, 1.807) is 0 Å². The summed E-state index contributed by atoms with van der Waals surface area (Å²) < 4.78 is 5.86. The molecule has 0 unspecified atom stereocenters. The summed E-state index contributed by atoms with van der Waals surface area (Å²) in [5.41, 5.74) is 8.44. The Kier molecular flexibility index (Phi) is 5.85. The van der Waals surface area contributed by atoms with Gasteiger partial charge in [0.1, 0.15) is 0 Å². The van der Waals surface area contributed by atoms with Crippen molar-refractivity contribution in [3.05, 3.63) is 59.7 Å². The predicted molar refractivity (Wildman–Crippen MR) is 106 cm³/mol. The van der Waals surface area contributed by atoms with Crippen molar-refractivity contribution in [1.29, 1.82) is 0 Å². The first-order chi connectivity index (χ1) is 12.9. The minimum absolute atomic E-state index is 0.702. The van der Waals surface area contributed by atoms with Gasteiger partial charge in [0, 0.05) is 13.2 Å². The number of nitrogens with zero attached hydrogens (tertiary/aromatic N) is 2. The smallest absolute Gasteiger partial charge is 0.0716 e. The molecule has 2 aromatic rings. The van der Waals surface area contributed by atoms with Crippen LogP contribution in [0.4, 0.5) is 11.4 Å². The van der Waals surface area contributed by atoms with Gasteiger partial charge >= 0.3 is 0 Å². The summed E-state index contributed by atoms with van der Waals surface area (Å²) in [5.74, 6) is 0. The SMILES string of the molecule is c1ccc2c(c1)CNN2c1ccc(COCCCCN2CCCC2)cc1. The van der Waals surface area contributed by atoms with Gasteiger partial charge in [0.2, 0.25) is 0 Å². The van der Waals surface area contributed by atoms with Crippen LogP contribution in [0.15, 0.2) is 48.5 Å². The fraction of sp³-hybridized carbons (Fsp3) is 0.455. The van der Waals surface area contributed by atoms with Gasteiger partial charge in [0.25, 0.3) is 0 Å². The quantitative estimate of drug-likeness (QED) is 0.720. The summed E-state index contributed by atoms with van der Waals surface area (Å²) in [6.45, 7) is 6.28. The normalized spacial score (nSPS) is 17.0. The molecule has 0 spiro atoms. The monoisotopic (exact) mass is 351 g/mol. The molecule has 0 saturated carbocycles. The molecule has 2 aliphatic rings. The molecule has 2 aromatic carbocycles. The van der Waals surface area contributed by atoms with Crippen molar-refractivity contribution < 1.29 is 4.74 Å². The van der Waals surface area contributed by atoms with Gasteiger partial charge < -0.3 is 9.64 Å². The first-order valence-electron chi connectivity index (χ1n) is 9.91. The molecule has 26 heavy (non-hydrogen) atoms. The van der Waals surface area contributed by atoms with Crippen molar-refractivity contribution in [1.82, 2.24) is 10.3 Å². The molecule has 0 atom stereocenters. The first-order valence-corrected chi connectivity index (χ1v) is 9.91. The van der Waals surface area contributed by atoms with Crippen molar-refractivity contribution in [2.24, 2.45) is 0 Å². The highest BCUT2D eigenvalue weighted by atomic mass is 16.5. The molecular weight excluding hydrogens is 322 g/mol. The van der Waals surface area contributed by atoms with Gasteiger partial charge in [-0.25, -0.2) is 5.43 Å². The lowest BCUT2D eigenvalue weighted by atomic mass is 10.1. The summed E-state index contributed by atoms with van der Waals surface area (Å²) >= 11 is 0. The van der Waals surface area contributed by atoms with Crippen molar-refractivity contribution in [2.75, 3.05) is 31.3 Å². The summed E-state index contributed by atoms with van der Waals surface area (Å²) in [4.78, 5) is 2.57. The van der Waals surface area contributed by atoms with Gasteiger partial charge in [0.05, 0.1) is 18.0 Å². The molecule has 1 fully saturated rings. The number of rotatable bonds is 8. The van der Waals surface area contributed by atoms with Gasteiger partial charge in [-0.3, -0.25) is 5.01 Å². The van der Waals surface area contributed by atoms with Crippen LogP contribution in [-0.4, -0.2) is 31.1 Å². The molecule has 1 N–H and O–H groups in total. The predicted octanol–water partition coefficient (Wildman–Crippen LogP) is 4.24. The molecule has 0 radical (unpaired) electrons. The summed E-state index contributed by atoms with van der Waals surface area (Å²) in [7, 11) is 0. The van der Waals surface area contributed by atoms with E-state index in [0.29, 0.717) is 6.61 Å². The number of unbranched alkanes of at least 4 members (excludes halogenated alkanes) is 1. The number of hydrogen-bond acceptors (Lipinski definition) is 4. The van der Waals surface area contributed by atoms with Crippen LogP contribution in [0.5, 0.6) is 0 Å². The van der Waals surface area contributed by atoms with E-state index in [4.69, 9.17) is 4.74 Å². The third-order valence-corrected chi connectivity index (χ3v) is 5.34. The lowest BCUT2D eigenvalue weighted by Crippen LogP contribution is -2.26. The molecule has 0 aromatic heterocycles. The van der Waals surface area contributed by atoms with E-state index in [-0.39, 0.29) is 0 Å².